The molecule has 2 rings (SSSR count). The molecular weight excluding hydrogens is 230 g/mol. The van der Waals surface area contributed by atoms with E-state index in [-0.39, 0.29) is 31.2 Å². The Morgan fingerprint density at radius 2 is 2.00 bits per heavy atom. The van der Waals surface area contributed by atoms with Crippen molar-refractivity contribution in [3.63, 3.8) is 0 Å². The molecule has 0 bridgehead atoms. The Kier molecular flexibility index (Phi) is 2.93. The second kappa shape index (κ2) is 3.97. The van der Waals surface area contributed by atoms with Crippen LogP contribution in [0.4, 0.5) is 0 Å². The smallest absolute Gasteiger partial charge is 0.281 e. The molecule has 2 fully saturated rings. The van der Waals surface area contributed by atoms with Crippen LogP contribution in [0.1, 0.15) is 26.7 Å². The summed E-state index contributed by atoms with van der Waals surface area (Å²) in [6.45, 7) is 3.69. The minimum atomic E-state index is -3.51. The van der Waals surface area contributed by atoms with Crippen molar-refractivity contribution >= 4 is 16.1 Å². The molecule has 16 heavy (non-hydrogen) atoms. The van der Waals surface area contributed by atoms with Gasteiger partial charge in [0.25, 0.3) is 10.2 Å². The van der Waals surface area contributed by atoms with Gasteiger partial charge in [-0.1, -0.05) is 0 Å². The van der Waals surface area contributed by atoms with Gasteiger partial charge in [-0.15, -0.1) is 0 Å². The van der Waals surface area contributed by atoms with Crippen molar-refractivity contribution in [2.45, 2.75) is 38.8 Å². The first-order chi connectivity index (χ1) is 7.40. The molecule has 0 spiro atoms. The van der Waals surface area contributed by atoms with E-state index in [2.05, 4.69) is 4.72 Å². The summed E-state index contributed by atoms with van der Waals surface area (Å²) in [6.07, 6.45) is 1.99. The van der Waals surface area contributed by atoms with Gasteiger partial charge in [-0.2, -0.15) is 17.4 Å². The van der Waals surface area contributed by atoms with Gasteiger partial charge in [-0.3, -0.25) is 4.79 Å². The first kappa shape index (κ1) is 11.8. The molecule has 1 saturated carbocycles. The summed E-state index contributed by atoms with van der Waals surface area (Å²) in [4.78, 5) is 13.2. The highest BCUT2D eigenvalue weighted by Crippen LogP contribution is 2.29. The Balaban J connectivity index is 2.04. The number of nitrogens with zero attached hydrogens (tertiary/aromatic N) is 2. The lowest BCUT2D eigenvalue weighted by Crippen LogP contribution is -2.43. The topological polar surface area (TPSA) is 69.7 Å². The Hall–Kier alpha value is -0.660. The minimum absolute atomic E-state index is 0.0292. The zero-order valence-electron chi connectivity index (χ0n) is 9.51. The van der Waals surface area contributed by atoms with Gasteiger partial charge in [0.05, 0.1) is 13.2 Å². The normalized spacial score (nSPS) is 23.4. The zero-order valence-corrected chi connectivity index (χ0v) is 10.3. The number of amides is 1. The number of rotatable bonds is 4. The lowest BCUT2D eigenvalue weighted by atomic mass is 10.4. The molecule has 1 heterocycles. The number of hydrogen-bond donors (Lipinski definition) is 1. The fourth-order valence-electron chi connectivity index (χ4n) is 1.78. The molecule has 92 valence electrons. The molecule has 2 aliphatic rings. The molecule has 0 aromatic heterocycles. The fourth-order valence-corrected chi connectivity index (χ4v) is 3.08. The van der Waals surface area contributed by atoms with Gasteiger partial charge in [0.15, 0.2) is 0 Å². The third-order valence-electron chi connectivity index (χ3n) is 2.65. The third kappa shape index (κ3) is 2.36. The van der Waals surface area contributed by atoms with E-state index in [1.165, 1.54) is 4.31 Å². The van der Waals surface area contributed by atoms with Gasteiger partial charge in [0.1, 0.15) is 0 Å². The van der Waals surface area contributed by atoms with E-state index >= 15 is 0 Å². The summed E-state index contributed by atoms with van der Waals surface area (Å²) in [5, 5.41) is 0. The molecule has 1 aliphatic heterocycles. The fraction of sp³-hybridized carbons (Fsp3) is 0.889. The lowest BCUT2D eigenvalue weighted by Gasteiger charge is -2.19. The molecule has 7 heteroatoms. The molecule has 0 radical (unpaired) electrons. The van der Waals surface area contributed by atoms with E-state index in [4.69, 9.17) is 0 Å². The standard InChI is InChI=1S/C9H17N3O3S/c1-7(2)10-16(14,15)11-5-9(13)12(6-11)8-3-4-8/h7-8,10H,3-6H2,1-2H3. The molecule has 0 unspecified atom stereocenters. The molecule has 1 aliphatic carbocycles. The van der Waals surface area contributed by atoms with Crippen LogP contribution in [0.3, 0.4) is 0 Å². The highest BCUT2D eigenvalue weighted by molar-refractivity contribution is 7.87. The van der Waals surface area contributed by atoms with Gasteiger partial charge in [-0.25, -0.2) is 0 Å². The quantitative estimate of drug-likeness (QED) is 0.727. The first-order valence-corrected chi connectivity index (χ1v) is 6.91. The highest BCUT2D eigenvalue weighted by Gasteiger charge is 2.42. The third-order valence-corrected chi connectivity index (χ3v) is 4.35. The highest BCUT2D eigenvalue weighted by atomic mass is 32.2. The number of carbonyl (C=O) groups is 1. The molecular formula is C9H17N3O3S. The Bertz CT molecular complexity index is 389. The van der Waals surface area contributed by atoms with Crippen LogP contribution in [-0.4, -0.2) is 48.8 Å². The van der Waals surface area contributed by atoms with Crippen molar-refractivity contribution in [1.29, 1.82) is 0 Å². The minimum Gasteiger partial charge on any atom is -0.324 e. The Labute approximate surface area is 95.8 Å². The van der Waals surface area contributed by atoms with E-state index in [1.54, 1.807) is 18.7 Å². The summed E-state index contributed by atoms with van der Waals surface area (Å²) in [5.74, 6) is -0.0865. The second-order valence-electron chi connectivity index (χ2n) is 4.62. The molecule has 1 saturated heterocycles. The van der Waals surface area contributed by atoms with Crippen molar-refractivity contribution in [1.82, 2.24) is 13.9 Å². The number of carbonyl (C=O) groups excluding carboxylic acids is 1. The van der Waals surface area contributed by atoms with Gasteiger partial charge < -0.3 is 4.90 Å². The molecule has 6 nitrogen and oxygen atoms in total. The summed E-state index contributed by atoms with van der Waals surface area (Å²) >= 11 is 0. The number of nitrogens with one attached hydrogen (secondary N) is 1. The average molecular weight is 247 g/mol. The van der Waals surface area contributed by atoms with Crippen molar-refractivity contribution in [2.24, 2.45) is 0 Å². The van der Waals surface area contributed by atoms with Gasteiger partial charge >= 0.3 is 0 Å². The SMILES string of the molecule is CC(C)NS(=O)(=O)N1CC(=O)N(C2CC2)C1. The van der Waals surface area contributed by atoms with Crippen LogP contribution in [0.2, 0.25) is 0 Å². The summed E-state index contributed by atoms with van der Waals surface area (Å²) in [5.41, 5.74) is 0. The van der Waals surface area contributed by atoms with Crippen LogP contribution < -0.4 is 4.72 Å². The predicted octanol–water partition coefficient (Wildman–Crippen LogP) is -0.507. The second-order valence-corrected chi connectivity index (χ2v) is 6.33. The number of hydrogen-bond acceptors (Lipinski definition) is 3. The maximum absolute atomic E-state index is 11.8. The van der Waals surface area contributed by atoms with Crippen molar-refractivity contribution in [3.8, 4) is 0 Å². The van der Waals surface area contributed by atoms with Crippen molar-refractivity contribution in [2.75, 3.05) is 13.2 Å². The van der Waals surface area contributed by atoms with Crippen LogP contribution >= 0.6 is 0 Å². The summed E-state index contributed by atoms with van der Waals surface area (Å²) in [7, 11) is -3.51. The van der Waals surface area contributed by atoms with Crippen molar-refractivity contribution in [3.05, 3.63) is 0 Å². The van der Waals surface area contributed by atoms with Crippen LogP contribution in [0.15, 0.2) is 0 Å². The van der Waals surface area contributed by atoms with Gasteiger partial charge in [0.2, 0.25) is 5.91 Å². The van der Waals surface area contributed by atoms with E-state index in [1.807, 2.05) is 0 Å². The largest absolute Gasteiger partial charge is 0.324 e. The zero-order chi connectivity index (χ0) is 11.9. The molecule has 1 N–H and O–H groups in total. The summed E-state index contributed by atoms with van der Waals surface area (Å²) in [6, 6.07) is 0.113. The van der Waals surface area contributed by atoms with Crippen LogP contribution in [0.25, 0.3) is 0 Å². The van der Waals surface area contributed by atoms with Gasteiger partial charge in [0, 0.05) is 12.1 Å². The average Bonchev–Trinajstić information content (AvgIpc) is 2.87. The van der Waals surface area contributed by atoms with E-state index in [0.717, 1.165) is 12.8 Å². The predicted molar refractivity (Wildman–Crippen MR) is 58.6 cm³/mol. The van der Waals surface area contributed by atoms with E-state index in [0.29, 0.717) is 0 Å². The first-order valence-electron chi connectivity index (χ1n) is 5.47. The van der Waals surface area contributed by atoms with Crippen LogP contribution in [-0.2, 0) is 15.0 Å². The molecule has 0 atom stereocenters. The van der Waals surface area contributed by atoms with E-state index < -0.39 is 10.2 Å². The maximum atomic E-state index is 11.8. The Morgan fingerprint density at radius 3 is 2.50 bits per heavy atom. The van der Waals surface area contributed by atoms with Crippen molar-refractivity contribution < 1.29 is 13.2 Å². The summed E-state index contributed by atoms with van der Waals surface area (Å²) < 4.78 is 27.3. The van der Waals surface area contributed by atoms with Gasteiger partial charge in [-0.05, 0) is 26.7 Å². The molecule has 0 aromatic carbocycles. The monoisotopic (exact) mass is 247 g/mol. The lowest BCUT2D eigenvalue weighted by molar-refractivity contribution is -0.127. The van der Waals surface area contributed by atoms with Crippen LogP contribution in [0, 0.1) is 0 Å². The molecule has 1 amide bonds. The molecule has 0 aromatic rings. The maximum Gasteiger partial charge on any atom is 0.281 e. The van der Waals surface area contributed by atoms with E-state index in [9.17, 15) is 13.2 Å². The Morgan fingerprint density at radius 1 is 1.38 bits per heavy atom. The van der Waals surface area contributed by atoms with Crippen LogP contribution in [0.5, 0.6) is 0 Å².